The lowest BCUT2D eigenvalue weighted by atomic mass is 10.1. The number of nitrogens with zero attached hydrogens (tertiary/aromatic N) is 3. The average molecular weight is 425 g/mol. The molecule has 1 aliphatic rings. The molecular weight excluding hydrogens is 400 g/mol. The Morgan fingerprint density at radius 3 is 2.53 bits per heavy atom. The number of carbonyl (C=O) groups is 2. The van der Waals surface area contributed by atoms with Crippen LogP contribution in [0.25, 0.3) is 11.0 Å². The fourth-order valence-corrected chi connectivity index (χ4v) is 4.28. The molecule has 32 heavy (non-hydrogen) atoms. The number of aromatic nitrogens is 2. The van der Waals surface area contributed by atoms with Crippen molar-refractivity contribution in [2.75, 3.05) is 4.90 Å². The number of para-hydroxylation sites is 2. The minimum Gasteiger partial charge on any atom is -0.352 e. The molecule has 0 saturated heterocycles. The van der Waals surface area contributed by atoms with Gasteiger partial charge in [0.05, 0.1) is 24.0 Å². The summed E-state index contributed by atoms with van der Waals surface area (Å²) in [7, 11) is 0. The lowest BCUT2D eigenvalue weighted by molar-refractivity contribution is -0.127. The van der Waals surface area contributed by atoms with Crippen LogP contribution in [0.3, 0.4) is 0 Å². The largest absolute Gasteiger partial charge is 0.352 e. The molecule has 0 radical (unpaired) electrons. The number of amides is 2. The third kappa shape index (κ3) is 3.75. The maximum atomic E-state index is 13.5. The van der Waals surface area contributed by atoms with Crippen LogP contribution in [-0.4, -0.2) is 21.4 Å². The smallest absolute Gasteiger partial charge is 0.253 e. The van der Waals surface area contributed by atoms with Crippen LogP contribution in [-0.2, 0) is 22.7 Å². The fourth-order valence-electron chi connectivity index (χ4n) is 4.28. The molecule has 6 heteroatoms. The van der Waals surface area contributed by atoms with Gasteiger partial charge >= 0.3 is 0 Å². The van der Waals surface area contributed by atoms with E-state index in [-0.39, 0.29) is 18.2 Å². The molecule has 2 amide bonds. The lowest BCUT2D eigenvalue weighted by Gasteiger charge is -2.16. The molecule has 3 aromatic carbocycles. The van der Waals surface area contributed by atoms with Crippen molar-refractivity contribution in [2.45, 2.75) is 32.5 Å². The summed E-state index contributed by atoms with van der Waals surface area (Å²) in [5.74, 6) is 0.335. The molecule has 160 valence electrons. The van der Waals surface area contributed by atoms with Crippen molar-refractivity contribution in [1.82, 2.24) is 14.9 Å². The first-order valence-electron chi connectivity index (χ1n) is 10.7. The van der Waals surface area contributed by atoms with E-state index in [0.29, 0.717) is 19.0 Å². The van der Waals surface area contributed by atoms with Gasteiger partial charge in [0.2, 0.25) is 11.9 Å². The third-order valence-electron chi connectivity index (χ3n) is 5.82. The molecule has 1 unspecified atom stereocenters. The highest BCUT2D eigenvalue weighted by atomic mass is 16.2. The minimum atomic E-state index is -0.613. The summed E-state index contributed by atoms with van der Waals surface area (Å²) in [6.07, 6.45) is 0.0728. The molecule has 5 rings (SSSR count). The van der Waals surface area contributed by atoms with Crippen LogP contribution in [0.5, 0.6) is 0 Å². The Labute approximate surface area is 186 Å². The monoisotopic (exact) mass is 424 g/mol. The van der Waals surface area contributed by atoms with Crippen molar-refractivity contribution >= 4 is 28.8 Å². The van der Waals surface area contributed by atoms with Crippen molar-refractivity contribution in [1.29, 1.82) is 0 Å². The first kappa shape index (κ1) is 20.0. The van der Waals surface area contributed by atoms with E-state index in [0.717, 1.165) is 27.7 Å². The number of nitrogens with one attached hydrogen (secondary N) is 1. The molecule has 1 aliphatic heterocycles. The Morgan fingerprint density at radius 1 is 0.969 bits per heavy atom. The summed E-state index contributed by atoms with van der Waals surface area (Å²) in [5, 5.41) is 2.95. The number of rotatable bonds is 6. The van der Waals surface area contributed by atoms with Crippen LogP contribution in [0.1, 0.15) is 29.2 Å². The highest BCUT2D eigenvalue weighted by molar-refractivity contribution is 6.03. The molecule has 6 nitrogen and oxygen atoms in total. The molecule has 0 spiro atoms. The van der Waals surface area contributed by atoms with E-state index in [2.05, 4.69) is 11.4 Å². The van der Waals surface area contributed by atoms with Crippen LogP contribution in [0.4, 0.5) is 5.95 Å². The quantitative estimate of drug-likeness (QED) is 0.506. The van der Waals surface area contributed by atoms with Crippen LogP contribution in [0.15, 0.2) is 78.9 Å². The average Bonchev–Trinajstić information content (AvgIpc) is 3.29. The standard InChI is InChI=1S/C26H24N4O2/c1-18-8-7-11-20(14-18)17-29-25(32)23(15-24(31)27-16-19-9-3-2-4-10-19)30-22-13-6-5-12-21(22)28-26(29)30/h2-14,23H,15-17H2,1H3,(H,27,31). The maximum Gasteiger partial charge on any atom is 0.253 e. The molecule has 4 aromatic rings. The van der Waals surface area contributed by atoms with Crippen molar-refractivity contribution in [3.05, 3.63) is 95.6 Å². The van der Waals surface area contributed by atoms with Gasteiger partial charge in [-0.15, -0.1) is 0 Å². The number of fused-ring (bicyclic) bond motifs is 3. The number of carbonyl (C=O) groups excluding carboxylic acids is 2. The summed E-state index contributed by atoms with van der Waals surface area (Å²) < 4.78 is 1.91. The summed E-state index contributed by atoms with van der Waals surface area (Å²) in [6.45, 7) is 2.89. The SMILES string of the molecule is Cc1cccc(CN2C(=O)C(CC(=O)NCc3ccccc3)n3c2nc2ccccc23)c1. The molecule has 1 N–H and O–H groups in total. The molecule has 0 aliphatic carbocycles. The van der Waals surface area contributed by atoms with Gasteiger partial charge in [0.1, 0.15) is 6.04 Å². The van der Waals surface area contributed by atoms with Crippen molar-refractivity contribution in [2.24, 2.45) is 0 Å². The summed E-state index contributed by atoms with van der Waals surface area (Å²) in [5.41, 5.74) is 4.88. The number of hydrogen-bond donors (Lipinski definition) is 1. The predicted molar refractivity (Wildman–Crippen MR) is 124 cm³/mol. The molecule has 1 aromatic heterocycles. The topological polar surface area (TPSA) is 67.2 Å². The molecular formula is C26H24N4O2. The van der Waals surface area contributed by atoms with Gasteiger partial charge < -0.3 is 5.32 Å². The van der Waals surface area contributed by atoms with Crippen molar-refractivity contribution < 1.29 is 9.59 Å². The van der Waals surface area contributed by atoms with Gasteiger partial charge in [-0.05, 0) is 30.2 Å². The van der Waals surface area contributed by atoms with E-state index >= 15 is 0 Å². The van der Waals surface area contributed by atoms with Crippen molar-refractivity contribution in [3.63, 3.8) is 0 Å². The Bertz CT molecular complexity index is 1300. The number of imidazole rings is 1. The third-order valence-corrected chi connectivity index (χ3v) is 5.82. The van der Waals surface area contributed by atoms with E-state index in [1.165, 1.54) is 0 Å². The minimum absolute atomic E-state index is 0.0728. The lowest BCUT2D eigenvalue weighted by Crippen LogP contribution is -2.32. The van der Waals surface area contributed by atoms with E-state index in [1.54, 1.807) is 4.90 Å². The summed E-state index contributed by atoms with van der Waals surface area (Å²) in [4.78, 5) is 32.7. The fraction of sp³-hybridized carbons (Fsp3) is 0.192. The second kappa shape index (κ2) is 8.30. The van der Waals surface area contributed by atoms with Gasteiger partial charge in [0.15, 0.2) is 0 Å². The first-order valence-corrected chi connectivity index (χ1v) is 10.7. The van der Waals surface area contributed by atoms with Crippen LogP contribution < -0.4 is 10.2 Å². The second-order valence-electron chi connectivity index (χ2n) is 8.17. The molecule has 0 saturated carbocycles. The molecule has 1 atom stereocenters. The predicted octanol–water partition coefficient (Wildman–Crippen LogP) is 4.14. The highest BCUT2D eigenvalue weighted by Crippen LogP contribution is 2.37. The number of anilines is 1. The zero-order valence-corrected chi connectivity index (χ0v) is 17.9. The normalized spacial score (nSPS) is 15.2. The Kier molecular flexibility index (Phi) is 5.19. The van der Waals surface area contributed by atoms with Crippen molar-refractivity contribution in [3.8, 4) is 0 Å². The zero-order chi connectivity index (χ0) is 22.1. The van der Waals surface area contributed by atoms with Gasteiger partial charge in [0, 0.05) is 6.54 Å². The Balaban J connectivity index is 1.42. The van der Waals surface area contributed by atoms with Gasteiger partial charge in [-0.25, -0.2) is 4.98 Å². The van der Waals surface area contributed by atoms with Gasteiger partial charge in [-0.3, -0.25) is 19.1 Å². The number of benzene rings is 3. The summed E-state index contributed by atoms with van der Waals surface area (Å²) >= 11 is 0. The highest BCUT2D eigenvalue weighted by Gasteiger charge is 2.40. The maximum absolute atomic E-state index is 13.5. The summed E-state index contributed by atoms with van der Waals surface area (Å²) in [6, 6.07) is 25.0. The van der Waals surface area contributed by atoms with E-state index < -0.39 is 6.04 Å². The van der Waals surface area contributed by atoms with Gasteiger partial charge in [0.25, 0.3) is 5.91 Å². The molecule has 0 bridgehead atoms. The van der Waals surface area contributed by atoms with Gasteiger partial charge in [-0.1, -0.05) is 72.3 Å². The molecule has 0 fully saturated rings. The van der Waals surface area contributed by atoms with Crippen LogP contribution in [0.2, 0.25) is 0 Å². The van der Waals surface area contributed by atoms with Crippen LogP contribution in [0, 0.1) is 6.92 Å². The number of hydrogen-bond acceptors (Lipinski definition) is 3. The Morgan fingerprint density at radius 2 is 1.72 bits per heavy atom. The molecule has 2 heterocycles. The van der Waals surface area contributed by atoms with Crippen LogP contribution >= 0.6 is 0 Å². The van der Waals surface area contributed by atoms with E-state index in [9.17, 15) is 9.59 Å². The first-order chi connectivity index (χ1) is 15.6. The van der Waals surface area contributed by atoms with E-state index in [4.69, 9.17) is 4.98 Å². The zero-order valence-electron chi connectivity index (χ0n) is 17.9. The Hall–Kier alpha value is -3.93. The van der Waals surface area contributed by atoms with Gasteiger partial charge in [-0.2, -0.15) is 0 Å². The number of aryl methyl sites for hydroxylation is 1. The second-order valence-corrected chi connectivity index (χ2v) is 8.17. The van der Waals surface area contributed by atoms with E-state index in [1.807, 2.05) is 84.3 Å².